The fourth-order valence-corrected chi connectivity index (χ4v) is 1.66. The molecular weight excluding hydrogens is 273 g/mol. The van der Waals surface area contributed by atoms with E-state index in [0.29, 0.717) is 11.4 Å². The molecule has 1 amide bonds. The summed E-state index contributed by atoms with van der Waals surface area (Å²) in [6.45, 7) is -0.244. The van der Waals surface area contributed by atoms with Crippen molar-refractivity contribution in [1.29, 1.82) is 5.26 Å². The summed E-state index contributed by atoms with van der Waals surface area (Å²) in [4.78, 5) is 11.8. The van der Waals surface area contributed by atoms with Crippen LogP contribution >= 0.6 is 0 Å². The Kier molecular flexibility index (Phi) is 4.36. The topological polar surface area (TPSA) is 88.1 Å². The van der Waals surface area contributed by atoms with Crippen LogP contribution in [0.25, 0.3) is 0 Å². The summed E-state index contributed by atoms with van der Waals surface area (Å²) in [7, 11) is 0. The van der Waals surface area contributed by atoms with Crippen molar-refractivity contribution in [3.05, 3.63) is 53.8 Å². The number of carbonyl (C=O) groups excluding carboxylic acids is 1. The summed E-state index contributed by atoms with van der Waals surface area (Å²) >= 11 is 0. The molecule has 6 heteroatoms. The third kappa shape index (κ3) is 3.94. The minimum Gasteiger partial charge on any atom is -0.484 e. The van der Waals surface area contributed by atoms with Crippen molar-refractivity contribution < 1.29 is 13.9 Å². The van der Waals surface area contributed by atoms with Crippen LogP contribution in [0.4, 0.5) is 15.8 Å². The molecule has 0 atom stereocenters. The Morgan fingerprint density at radius 2 is 2.14 bits per heavy atom. The van der Waals surface area contributed by atoms with Gasteiger partial charge in [-0.05, 0) is 30.3 Å². The lowest BCUT2D eigenvalue weighted by molar-refractivity contribution is -0.118. The van der Waals surface area contributed by atoms with Crippen LogP contribution in [0.5, 0.6) is 5.75 Å². The standard InChI is InChI=1S/C15H12FN3O2/c16-11-4-5-14(10(6-11)8-17)19-15(20)9-21-13-3-1-2-12(18)7-13/h1-7H,9,18H2,(H,19,20). The predicted octanol–water partition coefficient (Wildman–Crippen LogP) is 2.30. The van der Waals surface area contributed by atoms with Gasteiger partial charge in [-0.3, -0.25) is 4.79 Å². The Bertz CT molecular complexity index is 710. The minimum atomic E-state index is -0.541. The largest absolute Gasteiger partial charge is 0.484 e. The number of halogens is 1. The lowest BCUT2D eigenvalue weighted by atomic mass is 10.2. The number of nitriles is 1. The molecule has 0 unspecified atom stereocenters. The number of hydrogen-bond donors (Lipinski definition) is 2. The maximum absolute atomic E-state index is 13.0. The first-order valence-corrected chi connectivity index (χ1v) is 6.06. The molecule has 0 saturated carbocycles. The molecule has 0 spiro atoms. The fraction of sp³-hybridized carbons (Fsp3) is 0.0667. The van der Waals surface area contributed by atoms with Gasteiger partial charge in [0, 0.05) is 11.8 Å². The van der Waals surface area contributed by atoms with Gasteiger partial charge in [-0.25, -0.2) is 4.39 Å². The number of rotatable bonds is 4. The Morgan fingerprint density at radius 3 is 2.86 bits per heavy atom. The molecule has 0 fully saturated rings. The van der Waals surface area contributed by atoms with Crippen molar-refractivity contribution in [2.45, 2.75) is 0 Å². The number of nitrogens with two attached hydrogens (primary N) is 1. The Balaban J connectivity index is 1.98. The number of ether oxygens (including phenoxy) is 1. The van der Waals surface area contributed by atoms with Gasteiger partial charge in [-0.15, -0.1) is 0 Å². The minimum absolute atomic E-state index is 0.0484. The highest BCUT2D eigenvalue weighted by Gasteiger charge is 2.08. The summed E-state index contributed by atoms with van der Waals surface area (Å²) in [6, 6.07) is 12.0. The molecule has 0 saturated heterocycles. The summed E-state index contributed by atoms with van der Waals surface area (Å²) in [5.74, 6) is -0.536. The van der Waals surface area contributed by atoms with Crippen molar-refractivity contribution >= 4 is 17.3 Å². The fourth-order valence-electron chi connectivity index (χ4n) is 1.66. The predicted molar refractivity (Wildman–Crippen MR) is 76.1 cm³/mol. The lowest BCUT2D eigenvalue weighted by Crippen LogP contribution is -2.20. The van der Waals surface area contributed by atoms with E-state index in [1.54, 1.807) is 24.3 Å². The van der Waals surface area contributed by atoms with Gasteiger partial charge in [0.1, 0.15) is 17.6 Å². The number of nitrogens with one attached hydrogen (secondary N) is 1. The van der Waals surface area contributed by atoms with Crippen molar-refractivity contribution in [2.24, 2.45) is 0 Å². The van der Waals surface area contributed by atoms with Crippen LogP contribution in [-0.4, -0.2) is 12.5 Å². The molecule has 3 N–H and O–H groups in total. The molecule has 0 heterocycles. The zero-order valence-electron chi connectivity index (χ0n) is 11.0. The summed E-state index contributed by atoms with van der Waals surface area (Å²) in [5.41, 5.74) is 6.40. The molecule has 0 bridgehead atoms. The van der Waals surface area contributed by atoms with Gasteiger partial charge in [0.25, 0.3) is 5.91 Å². The van der Waals surface area contributed by atoms with Gasteiger partial charge in [-0.2, -0.15) is 5.26 Å². The SMILES string of the molecule is N#Cc1cc(F)ccc1NC(=O)COc1cccc(N)c1. The molecule has 0 aromatic heterocycles. The van der Waals surface area contributed by atoms with E-state index in [1.807, 2.05) is 6.07 Å². The third-order valence-electron chi connectivity index (χ3n) is 2.60. The molecule has 21 heavy (non-hydrogen) atoms. The number of anilines is 2. The lowest BCUT2D eigenvalue weighted by Gasteiger charge is -2.09. The highest BCUT2D eigenvalue weighted by atomic mass is 19.1. The molecule has 0 aliphatic heterocycles. The quantitative estimate of drug-likeness (QED) is 0.844. The van der Waals surface area contributed by atoms with Gasteiger partial charge < -0.3 is 15.8 Å². The van der Waals surface area contributed by atoms with Crippen molar-refractivity contribution in [1.82, 2.24) is 0 Å². The number of hydrogen-bond acceptors (Lipinski definition) is 4. The molecule has 0 aliphatic rings. The maximum atomic E-state index is 13.0. The smallest absolute Gasteiger partial charge is 0.262 e. The molecule has 2 rings (SSSR count). The van der Waals surface area contributed by atoms with Gasteiger partial charge in [0.2, 0.25) is 0 Å². The Morgan fingerprint density at radius 1 is 1.33 bits per heavy atom. The summed E-state index contributed by atoms with van der Waals surface area (Å²) in [5, 5.41) is 11.4. The van der Waals surface area contributed by atoms with Crippen LogP contribution in [0.1, 0.15) is 5.56 Å². The molecule has 106 valence electrons. The van der Waals surface area contributed by atoms with Gasteiger partial charge in [0.05, 0.1) is 11.3 Å². The van der Waals surface area contributed by atoms with Crippen LogP contribution in [0, 0.1) is 17.1 Å². The van der Waals surface area contributed by atoms with Crippen LogP contribution in [0.15, 0.2) is 42.5 Å². The summed E-state index contributed by atoms with van der Waals surface area (Å²) < 4.78 is 18.2. The second-order valence-electron chi connectivity index (χ2n) is 4.21. The number of carbonyl (C=O) groups is 1. The zero-order chi connectivity index (χ0) is 15.2. The molecule has 2 aromatic carbocycles. The van der Waals surface area contributed by atoms with Crippen LogP contribution < -0.4 is 15.8 Å². The van der Waals surface area contributed by atoms with Crippen LogP contribution in [0.2, 0.25) is 0 Å². The first-order chi connectivity index (χ1) is 10.1. The highest BCUT2D eigenvalue weighted by Crippen LogP contribution is 2.17. The molecular formula is C15H12FN3O2. The second-order valence-corrected chi connectivity index (χ2v) is 4.21. The van der Waals surface area contributed by atoms with Gasteiger partial charge in [-0.1, -0.05) is 6.07 Å². The van der Waals surface area contributed by atoms with E-state index in [2.05, 4.69) is 5.32 Å². The summed E-state index contributed by atoms with van der Waals surface area (Å²) in [6.07, 6.45) is 0. The maximum Gasteiger partial charge on any atom is 0.262 e. The van der Waals surface area contributed by atoms with E-state index >= 15 is 0 Å². The number of nitrogen functional groups attached to an aromatic ring is 1. The molecule has 5 nitrogen and oxygen atoms in total. The van der Waals surface area contributed by atoms with Crippen LogP contribution in [0.3, 0.4) is 0 Å². The van der Waals surface area contributed by atoms with Gasteiger partial charge in [0.15, 0.2) is 6.61 Å². The van der Waals surface area contributed by atoms with Crippen LogP contribution in [-0.2, 0) is 4.79 Å². The highest BCUT2D eigenvalue weighted by molar-refractivity contribution is 5.93. The molecule has 0 radical (unpaired) electrons. The second kappa shape index (κ2) is 6.39. The number of nitrogens with zero attached hydrogens (tertiary/aromatic N) is 1. The zero-order valence-corrected chi connectivity index (χ0v) is 11.0. The third-order valence-corrected chi connectivity index (χ3v) is 2.60. The van der Waals surface area contributed by atoms with Gasteiger partial charge >= 0.3 is 0 Å². The Labute approximate surface area is 120 Å². The van der Waals surface area contributed by atoms with E-state index in [-0.39, 0.29) is 17.9 Å². The number of benzene rings is 2. The Hall–Kier alpha value is -3.07. The normalized spacial score (nSPS) is 9.71. The molecule has 2 aromatic rings. The van der Waals surface area contributed by atoms with E-state index in [0.717, 1.165) is 12.1 Å². The van der Waals surface area contributed by atoms with E-state index in [4.69, 9.17) is 15.7 Å². The van der Waals surface area contributed by atoms with Crippen molar-refractivity contribution in [3.63, 3.8) is 0 Å². The molecule has 0 aliphatic carbocycles. The monoisotopic (exact) mass is 285 g/mol. The average molecular weight is 285 g/mol. The van der Waals surface area contributed by atoms with E-state index in [9.17, 15) is 9.18 Å². The van der Waals surface area contributed by atoms with E-state index in [1.165, 1.54) is 6.07 Å². The average Bonchev–Trinajstić information content (AvgIpc) is 2.47. The first-order valence-electron chi connectivity index (χ1n) is 6.06. The van der Waals surface area contributed by atoms with Crippen molar-refractivity contribution in [2.75, 3.05) is 17.7 Å². The first kappa shape index (κ1) is 14.3. The van der Waals surface area contributed by atoms with Crippen molar-refractivity contribution in [3.8, 4) is 11.8 Å². The van der Waals surface area contributed by atoms with E-state index < -0.39 is 11.7 Å². The number of amides is 1.